The number of amides is 1. The first-order valence-corrected chi connectivity index (χ1v) is 12.0. The number of carbonyl (C=O) groups is 2. The third kappa shape index (κ3) is 6.42. The predicted molar refractivity (Wildman–Crippen MR) is 140 cm³/mol. The molecule has 2 heterocycles. The quantitative estimate of drug-likeness (QED) is 0.207. The summed E-state index contributed by atoms with van der Waals surface area (Å²) in [6, 6.07) is 17.0. The molecule has 0 radical (unpaired) electrons. The number of ether oxygens (including phenoxy) is 3. The van der Waals surface area contributed by atoms with Crippen molar-refractivity contribution >= 4 is 28.7 Å². The van der Waals surface area contributed by atoms with Crippen molar-refractivity contribution in [3.05, 3.63) is 88.2 Å². The number of rotatable bonds is 7. The number of esters is 1. The van der Waals surface area contributed by atoms with E-state index in [0.717, 1.165) is 10.9 Å². The van der Waals surface area contributed by atoms with Gasteiger partial charge < -0.3 is 23.0 Å². The van der Waals surface area contributed by atoms with Gasteiger partial charge in [-0.1, -0.05) is 18.2 Å². The Balaban J connectivity index is 1.51. The predicted octanol–water partition coefficient (Wildman–Crippen LogP) is 6.89. The molecule has 0 aliphatic rings. The molecule has 0 saturated heterocycles. The molecule has 198 valence electrons. The second-order valence-electron chi connectivity index (χ2n) is 9.81. The number of fused-ring (bicyclic) bond motifs is 1. The van der Waals surface area contributed by atoms with Crippen molar-refractivity contribution in [3.8, 4) is 11.5 Å². The molecule has 38 heavy (non-hydrogen) atoms. The zero-order valence-electron chi connectivity index (χ0n) is 21.8. The lowest BCUT2D eigenvalue weighted by Gasteiger charge is -2.15. The van der Waals surface area contributed by atoms with Gasteiger partial charge in [-0.2, -0.15) is 0 Å². The van der Waals surface area contributed by atoms with Crippen LogP contribution in [-0.2, 0) is 20.9 Å². The summed E-state index contributed by atoms with van der Waals surface area (Å²) in [6.45, 7) is 8.59. The van der Waals surface area contributed by atoms with E-state index in [1.165, 1.54) is 6.07 Å². The van der Waals surface area contributed by atoms with E-state index in [4.69, 9.17) is 23.0 Å². The van der Waals surface area contributed by atoms with Crippen molar-refractivity contribution in [2.24, 2.45) is 5.41 Å². The minimum absolute atomic E-state index is 0.109. The molecular weight excluding hydrogens is 490 g/mol. The SMILES string of the molecule is Cc1cc(=O)oc2cc(NC(=O)OC(C)c3oc(COC(=O)C(C)(C)C)cc3Oc3ccccc3)ccc12. The van der Waals surface area contributed by atoms with E-state index in [2.05, 4.69) is 5.32 Å². The molecule has 1 unspecified atom stereocenters. The molecule has 0 fully saturated rings. The van der Waals surface area contributed by atoms with Crippen molar-refractivity contribution in [3.63, 3.8) is 0 Å². The molecule has 1 amide bonds. The Labute approximate surface area is 219 Å². The van der Waals surface area contributed by atoms with Gasteiger partial charge in [-0.05, 0) is 64.4 Å². The lowest BCUT2D eigenvalue weighted by Crippen LogP contribution is -2.22. The summed E-state index contributed by atoms with van der Waals surface area (Å²) >= 11 is 0. The topological polar surface area (TPSA) is 117 Å². The Morgan fingerprint density at radius 2 is 1.74 bits per heavy atom. The molecule has 0 aliphatic heterocycles. The van der Waals surface area contributed by atoms with E-state index >= 15 is 0 Å². The molecule has 4 aromatic rings. The van der Waals surface area contributed by atoms with Crippen LogP contribution in [0.5, 0.6) is 11.5 Å². The van der Waals surface area contributed by atoms with Crippen molar-refractivity contribution < 1.29 is 32.6 Å². The van der Waals surface area contributed by atoms with Crippen LogP contribution in [-0.4, -0.2) is 12.1 Å². The Hall–Kier alpha value is -4.53. The fourth-order valence-corrected chi connectivity index (χ4v) is 3.61. The Morgan fingerprint density at radius 1 is 1.00 bits per heavy atom. The van der Waals surface area contributed by atoms with Crippen molar-refractivity contribution in [1.82, 2.24) is 0 Å². The average Bonchev–Trinajstić information content (AvgIpc) is 3.24. The van der Waals surface area contributed by atoms with Crippen LogP contribution in [0.15, 0.2) is 74.3 Å². The Kier molecular flexibility index (Phi) is 7.57. The number of para-hydroxylation sites is 1. The molecule has 1 N–H and O–H groups in total. The van der Waals surface area contributed by atoms with Crippen LogP contribution in [0.25, 0.3) is 11.0 Å². The fourth-order valence-electron chi connectivity index (χ4n) is 3.61. The normalized spacial score (nSPS) is 12.1. The number of anilines is 1. The molecule has 0 aliphatic carbocycles. The monoisotopic (exact) mass is 519 g/mol. The molecule has 0 spiro atoms. The molecule has 4 rings (SSSR count). The van der Waals surface area contributed by atoms with E-state index < -0.39 is 23.2 Å². The smallest absolute Gasteiger partial charge is 0.412 e. The zero-order valence-corrected chi connectivity index (χ0v) is 21.8. The summed E-state index contributed by atoms with van der Waals surface area (Å²) in [6.07, 6.45) is -1.61. The van der Waals surface area contributed by atoms with Gasteiger partial charge in [-0.15, -0.1) is 0 Å². The molecule has 9 nitrogen and oxygen atoms in total. The van der Waals surface area contributed by atoms with Gasteiger partial charge in [0.15, 0.2) is 17.6 Å². The van der Waals surface area contributed by atoms with Crippen LogP contribution in [0.1, 0.15) is 50.9 Å². The van der Waals surface area contributed by atoms with Crippen molar-refractivity contribution in [2.45, 2.75) is 47.3 Å². The van der Waals surface area contributed by atoms with Gasteiger partial charge in [-0.25, -0.2) is 9.59 Å². The van der Waals surface area contributed by atoms with Gasteiger partial charge in [0.2, 0.25) is 0 Å². The second kappa shape index (κ2) is 10.8. The van der Waals surface area contributed by atoms with Crippen molar-refractivity contribution in [1.29, 1.82) is 0 Å². The molecule has 0 saturated carbocycles. The lowest BCUT2D eigenvalue weighted by molar-refractivity contribution is -0.154. The highest BCUT2D eigenvalue weighted by Crippen LogP contribution is 2.35. The number of aryl methyl sites for hydroxylation is 1. The second-order valence-corrected chi connectivity index (χ2v) is 9.81. The largest absolute Gasteiger partial charge is 0.457 e. The van der Waals surface area contributed by atoms with E-state index in [9.17, 15) is 14.4 Å². The summed E-state index contributed by atoms with van der Waals surface area (Å²) in [5, 5.41) is 3.39. The van der Waals surface area contributed by atoms with Crippen LogP contribution in [0.4, 0.5) is 10.5 Å². The maximum absolute atomic E-state index is 12.7. The Bertz CT molecular complexity index is 1510. The first-order valence-electron chi connectivity index (χ1n) is 12.0. The lowest BCUT2D eigenvalue weighted by atomic mass is 9.97. The third-order valence-corrected chi connectivity index (χ3v) is 5.56. The maximum atomic E-state index is 12.7. The minimum Gasteiger partial charge on any atom is -0.457 e. The van der Waals surface area contributed by atoms with E-state index in [1.54, 1.807) is 71.0 Å². The molecular formula is C29H29NO8. The van der Waals surface area contributed by atoms with Gasteiger partial charge >= 0.3 is 17.7 Å². The van der Waals surface area contributed by atoms with Gasteiger partial charge in [0.1, 0.15) is 23.7 Å². The van der Waals surface area contributed by atoms with Crippen LogP contribution in [0.2, 0.25) is 0 Å². The molecule has 2 aromatic carbocycles. The van der Waals surface area contributed by atoms with Gasteiger partial charge in [-0.3, -0.25) is 10.1 Å². The highest BCUT2D eigenvalue weighted by molar-refractivity contribution is 5.90. The Morgan fingerprint density at radius 3 is 2.45 bits per heavy atom. The highest BCUT2D eigenvalue weighted by Gasteiger charge is 2.26. The zero-order chi connectivity index (χ0) is 27.4. The van der Waals surface area contributed by atoms with Crippen LogP contribution in [0, 0.1) is 12.3 Å². The van der Waals surface area contributed by atoms with Gasteiger partial charge in [0.05, 0.1) is 5.41 Å². The number of carbonyl (C=O) groups excluding carboxylic acids is 2. The van der Waals surface area contributed by atoms with E-state index in [-0.39, 0.29) is 18.3 Å². The first-order chi connectivity index (χ1) is 18.0. The van der Waals surface area contributed by atoms with E-state index in [0.29, 0.717) is 28.5 Å². The summed E-state index contributed by atoms with van der Waals surface area (Å²) in [5.74, 6) is 1.06. The molecule has 2 aromatic heterocycles. The van der Waals surface area contributed by atoms with Crippen molar-refractivity contribution in [2.75, 3.05) is 5.32 Å². The van der Waals surface area contributed by atoms with E-state index in [1.807, 2.05) is 18.2 Å². The average molecular weight is 520 g/mol. The van der Waals surface area contributed by atoms with Gasteiger partial charge in [0, 0.05) is 29.3 Å². The first kappa shape index (κ1) is 26.5. The third-order valence-electron chi connectivity index (χ3n) is 5.56. The van der Waals surface area contributed by atoms with Crippen LogP contribution < -0.4 is 15.7 Å². The number of nitrogens with one attached hydrogen (secondary N) is 1. The number of hydrogen-bond acceptors (Lipinski definition) is 8. The molecule has 0 bridgehead atoms. The summed E-state index contributed by atoms with van der Waals surface area (Å²) in [7, 11) is 0. The standard InChI is InChI=1S/C29H29NO8/c1-17-13-25(31)38-23-14-19(11-12-22(17)23)30-28(33)35-18(2)26-24(36-20-9-7-6-8-10-20)15-21(37-26)16-34-27(32)29(3,4)5/h6-15,18H,16H2,1-5H3,(H,30,33). The molecule has 1 atom stereocenters. The maximum Gasteiger partial charge on any atom is 0.412 e. The number of hydrogen-bond donors (Lipinski definition) is 1. The number of benzene rings is 2. The number of furan rings is 1. The van der Waals surface area contributed by atoms with Gasteiger partial charge in [0.25, 0.3) is 0 Å². The minimum atomic E-state index is -0.860. The van der Waals surface area contributed by atoms with Crippen LogP contribution in [0.3, 0.4) is 0 Å². The molecule has 9 heteroatoms. The summed E-state index contributed by atoms with van der Waals surface area (Å²) in [4.78, 5) is 36.6. The highest BCUT2D eigenvalue weighted by atomic mass is 16.6. The fraction of sp³-hybridized carbons (Fsp3) is 0.276. The van der Waals surface area contributed by atoms with Crippen LogP contribution >= 0.6 is 0 Å². The summed E-state index contributed by atoms with van der Waals surface area (Å²) < 4.78 is 28.0. The summed E-state index contributed by atoms with van der Waals surface area (Å²) in [5.41, 5.74) is 0.359.